The summed E-state index contributed by atoms with van der Waals surface area (Å²) >= 11 is 12.4. The van der Waals surface area contributed by atoms with Crippen molar-refractivity contribution in [1.82, 2.24) is 0 Å². The summed E-state index contributed by atoms with van der Waals surface area (Å²) in [6, 6.07) is 2.90. The van der Waals surface area contributed by atoms with E-state index in [1.54, 1.807) is 0 Å². The summed E-state index contributed by atoms with van der Waals surface area (Å²) in [4.78, 5) is 12.7. The van der Waals surface area contributed by atoms with Crippen molar-refractivity contribution >= 4 is 46.6 Å². The molecule has 1 amide bonds. The van der Waals surface area contributed by atoms with Crippen LogP contribution < -0.4 is 9.75 Å². The third-order valence-corrected chi connectivity index (χ3v) is 5.10. The molecule has 0 atom stereocenters. The van der Waals surface area contributed by atoms with E-state index in [4.69, 9.17) is 27.9 Å². The average molecular weight is 493 g/mol. The number of carbonyl (C=O) groups is 1. The fourth-order valence-corrected chi connectivity index (χ4v) is 3.51. The van der Waals surface area contributed by atoms with E-state index >= 15 is 0 Å². The van der Waals surface area contributed by atoms with E-state index in [-0.39, 0.29) is 32.1 Å². The first-order valence-corrected chi connectivity index (χ1v) is 10.1. The number of ether oxygens (including phenoxy) is 1. The lowest BCUT2D eigenvalue weighted by Crippen LogP contribution is -2.25. The molecule has 0 aliphatic carbocycles. The highest BCUT2D eigenvalue weighted by atomic mass is 35.5. The van der Waals surface area contributed by atoms with Crippen LogP contribution in [-0.4, -0.2) is 18.2 Å². The molecule has 4 nitrogen and oxygen atoms in total. The van der Waals surface area contributed by atoms with Crippen molar-refractivity contribution in [2.75, 3.05) is 11.6 Å². The maximum absolute atomic E-state index is 14.1. The minimum absolute atomic E-state index is 0.0190. The van der Waals surface area contributed by atoms with Crippen LogP contribution in [0.15, 0.2) is 22.8 Å². The van der Waals surface area contributed by atoms with Crippen molar-refractivity contribution in [3.05, 3.63) is 62.4 Å². The van der Waals surface area contributed by atoms with Gasteiger partial charge in [0.25, 0.3) is 5.91 Å². The zero-order valence-electron chi connectivity index (χ0n) is 16.7. The molecule has 0 N–H and O–H groups in total. The van der Waals surface area contributed by atoms with Gasteiger partial charge in [0.1, 0.15) is 5.69 Å². The van der Waals surface area contributed by atoms with Crippen molar-refractivity contribution in [3.63, 3.8) is 0 Å². The second kappa shape index (κ2) is 9.46. The number of benzene rings is 2. The van der Waals surface area contributed by atoms with Crippen molar-refractivity contribution in [3.8, 4) is 5.75 Å². The maximum atomic E-state index is 14.1. The Labute approximate surface area is 189 Å². The lowest BCUT2D eigenvalue weighted by Gasteiger charge is -2.15. The molecule has 1 aliphatic heterocycles. The van der Waals surface area contributed by atoms with Crippen LogP contribution in [0, 0.1) is 29.1 Å². The molecule has 2 aromatic carbocycles. The molecule has 3 rings (SSSR count). The first kappa shape index (κ1) is 24.0. The van der Waals surface area contributed by atoms with Crippen LogP contribution in [0.4, 0.5) is 27.6 Å². The molecule has 0 saturated carbocycles. The Morgan fingerprint density at radius 1 is 1.00 bits per heavy atom. The molecule has 0 radical (unpaired) electrons. The SMILES string of the molecule is CCCCOc1c(Cl)cc(/C=C2/C(=O)N(c3c(F)c(F)c(F)c(F)c3F)N=C2C)cc1Cl. The van der Waals surface area contributed by atoms with E-state index in [0.717, 1.165) is 12.8 Å². The molecule has 1 heterocycles. The Morgan fingerprint density at radius 3 is 2.06 bits per heavy atom. The number of unbranched alkanes of at least 4 members (excludes halogenated alkanes) is 1. The Balaban J connectivity index is 1.98. The van der Waals surface area contributed by atoms with Gasteiger partial charge in [0, 0.05) is 0 Å². The summed E-state index contributed by atoms with van der Waals surface area (Å²) in [6.45, 7) is 3.72. The molecule has 0 unspecified atom stereocenters. The first-order chi connectivity index (χ1) is 15.1. The van der Waals surface area contributed by atoms with E-state index in [1.165, 1.54) is 25.1 Å². The average Bonchev–Trinajstić information content (AvgIpc) is 3.01. The van der Waals surface area contributed by atoms with Gasteiger partial charge in [-0.05, 0) is 37.1 Å². The maximum Gasteiger partial charge on any atom is 0.280 e. The second-order valence-corrected chi connectivity index (χ2v) is 7.61. The lowest BCUT2D eigenvalue weighted by atomic mass is 10.1. The number of rotatable bonds is 6. The topological polar surface area (TPSA) is 41.9 Å². The quantitative estimate of drug-likeness (QED) is 0.148. The third kappa shape index (κ3) is 4.31. The van der Waals surface area contributed by atoms with Gasteiger partial charge in [-0.1, -0.05) is 36.5 Å². The first-order valence-electron chi connectivity index (χ1n) is 9.33. The van der Waals surface area contributed by atoms with Gasteiger partial charge in [-0.2, -0.15) is 10.1 Å². The van der Waals surface area contributed by atoms with E-state index in [9.17, 15) is 26.7 Å². The van der Waals surface area contributed by atoms with Crippen LogP contribution in [0.2, 0.25) is 10.0 Å². The molecule has 0 bridgehead atoms. The van der Waals surface area contributed by atoms with Gasteiger partial charge in [0.15, 0.2) is 29.0 Å². The Bertz CT molecular complexity index is 1120. The van der Waals surface area contributed by atoms with Crippen LogP contribution in [-0.2, 0) is 4.79 Å². The van der Waals surface area contributed by atoms with E-state index in [2.05, 4.69) is 5.10 Å². The predicted molar refractivity (Wildman–Crippen MR) is 112 cm³/mol. The highest BCUT2D eigenvalue weighted by molar-refractivity contribution is 6.37. The summed E-state index contributed by atoms with van der Waals surface area (Å²) in [5.41, 5.74) is -1.31. The standard InChI is InChI=1S/C21H15Cl2F5N2O2/c1-3-4-5-32-20-12(22)7-10(8-13(20)23)6-11-9(2)29-30(21(11)31)19-17(27)15(25)14(24)16(26)18(19)28/h6-8H,3-5H2,1-2H3/b11-6+. The normalized spacial score (nSPS) is 15.0. The number of carbonyl (C=O) groups excluding carboxylic acids is 1. The molecule has 0 aromatic heterocycles. The number of anilines is 1. The Morgan fingerprint density at radius 2 is 1.53 bits per heavy atom. The smallest absolute Gasteiger partial charge is 0.280 e. The highest BCUT2D eigenvalue weighted by Crippen LogP contribution is 2.37. The van der Waals surface area contributed by atoms with Gasteiger partial charge < -0.3 is 4.74 Å². The number of halogens is 7. The molecular formula is C21H15Cl2F5N2O2. The molecular weight excluding hydrogens is 478 g/mol. The molecule has 32 heavy (non-hydrogen) atoms. The second-order valence-electron chi connectivity index (χ2n) is 6.79. The summed E-state index contributed by atoms with van der Waals surface area (Å²) in [5, 5.41) is 4.12. The van der Waals surface area contributed by atoms with E-state index in [0.29, 0.717) is 12.2 Å². The van der Waals surface area contributed by atoms with Gasteiger partial charge in [-0.15, -0.1) is 0 Å². The van der Waals surface area contributed by atoms with Crippen LogP contribution in [0.3, 0.4) is 0 Å². The summed E-state index contributed by atoms with van der Waals surface area (Å²) < 4.78 is 74.2. The number of hydrazone groups is 1. The number of hydrogen-bond acceptors (Lipinski definition) is 3. The Kier molecular flexibility index (Phi) is 7.09. The lowest BCUT2D eigenvalue weighted by molar-refractivity contribution is -0.114. The van der Waals surface area contributed by atoms with Gasteiger partial charge in [-0.25, -0.2) is 22.0 Å². The minimum Gasteiger partial charge on any atom is -0.490 e. The van der Waals surface area contributed by atoms with Gasteiger partial charge in [-0.3, -0.25) is 4.79 Å². The largest absolute Gasteiger partial charge is 0.490 e. The van der Waals surface area contributed by atoms with Crippen LogP contribution >= 0.6 is 23.2 Å². The van der Waals surface area contributed by atoms with Crippen LogP contribution in [0.5, 0.6) is 5.75 Å². The number of hydrogen-bond donors (Lipinski definition) is 0. The molecule has 1 aliphatic rings. The number of nitrogens with zero attached hydrogens (tertiary/aromatic N) is 2. The van der Waals surface area contributed by atoms with E-state index < -0.39 is 40.7 Å². The highest BCUT2D eigenvalue weighted by Gasteiger charge is 2.37. The van der Waals surface area contributed by atoms with Crippen molar-refractivity contribution in [1.29, 1.82) is 0 Å². The molecule has 11 heteroatoms. The van der Waals surface area contributed by atoms with Crippen molar-refractivity contribution in [2.45, 2.75) is 26.7 Å². The Hall–Kier alpha value is -2.65. The minimum atomic E-state index is -2.34. The fraction of sp³-hybridized carbons (Fsp3) is 0.238. The zero-order chi connectivity index (χ0) is 23.7. The molecule has 0 spiro atoms. The fourth-order valence-electron chi connectivity index (χ4n) is 2.90. The van der Waals surface area contributed by atoms with Gasteiger partial charge >= 0.3 is 0 Å². The molecule has 2 aromatic rings. The summed E-state index contributed by atoms with van der Waals surface area (Å²) in [6.07, 6.45) is 2.97. The van der Waals surface area contributed by atoms with Crippen molar-refractivity contribution in [2.24, 2.45) is 5.10 Å². The molecule has 170 valence electrons. The van der Waals surface area contributed by atoms with Crippen LogP contribution in [0.1, 0.15) is 32.3 Å². The monoisotopic (exact) mass is 492 g/mol. The summed E-state index contributed by atoms with van der Waals surface area (Å²) in [5.74, 6) is -11.9. The number of amides is 1. The van der Waals surface area contributed by atoms with Gasteiger partial charge in [0.2, 0.25) is 5.82 Å². The van der Waals surface area contributed by atoms with Crippen LogP contribution in [0.25, 0.3) is 6.08 Å². The predicted octanol–water partition coefficient (Wildman–Crippen LogP) is 6.67. The van der Waals surface area contributed by atoms with E-state index in [1.807, 2.05) is 6.92 Å². The molecule has 0 fully saturated rings. The molecule has 0 saturated heterocycles. The van der Waals surface area contributed by atoms with Gasteiger partial charge in [0.05, 0.1) is 27.9 Å². The zero-order valence-corrected chi connectivity index (χ0v) is 18.2. The van der Waals surface area contributed by atoms with Crippen molar-refractivity contribution < 1.29 is 31.5 Å². The third-order valence-electron chi connectivity index (χ3n) is 4.54. The summed E-state index contributed by atoms with van der Waals surface area (Å²) in [7, 11) is 0.